The van der Waals surface area contributed by atoms with Crippen LogP contribution < -0.4 is 43.4 Å². The molecular weight excluding hydrogens is 1010 g/mol. The van der Waals surface area contributed by atoms with Crippen LogP contribution in [0.2, 0.25) is 0 Å². The first-order valence-corrected chi connectivity index (χ1v) is 27.5. The maximum Gasteiger partial charge on any atom is 0.326 e. The molecule has 76 heavy (non-hydrogen) atoms. The molecule has 2 aliphatic rings. The number of likely N-dealkylation sites (tertiary alicyclic amines) is 2. The number of hydrogen-bond donors (Lipinski definition) is 11. The van der Waals surface area contributed by atoms with E-state index in [4.69, 9.17) is 16.6 Å². The van der Waals surface area contributed by atoms with Crippen molar-refractivity contribution in [2.75, 3.05) is 31.6 Å². The van der Waals surface area contributed by atoms with Gasteiger partial charge < -0.3 is 68.5 Å². The zero-order valence-corrected chi connectivity index (χ0v) is 45.1. The third-order valence-corrected chi connectivity index (χ3v) is 14.3. The number of carboxylic acid groups (broad SMARTS) is 3. The fraction of sp³-hybridized carbons (Fsp3) is 0.667. The number of carbonyl (C=O) groups is 11. The highest BCUT2D eigenvalue weighted by atomic mass is 32.2. The van der Waals surface area contributed by atoms with E-state index >= 15 is 0 Å². The summed E-state index contributed by atoms with van der Waals surface area (Å²) in [5, 5.41) is 44.2. The molecule has 10 atom stereocenters. The van der Waals surface area contributed by atoms with Crippen LogP contribution in [0.5, 0.6) is 0 Å². The first kappa shape index (κ1) is 63.9. The Morgan fingerprint density at radius 1 is 0.645 bits per heavy atom. The summed E-state index contributed by atoms with van der Waals surface area (Å²) in [6, 6.07) is -2.43. The second kappa shape index (κ2) is 32.3. The Bertz CT molecular complexity index is 2170. The molecule has 25 heteroatoms. The lowest BCUT2D eigenvalue weighted by Gasteiger charge is -2.35. The van der Waals surface area contributed by atoms with E-state index < -0.39 is 144 Å². The summed E-state index contributed by atoms with van der Waals surface area (Å²) in [5.74, 6) is -9.87. The second-order valence-electron chi connectivity index (χ2n) is 19.8. The Labute approximate surface area is 448 Å². The van der Waals surface area contributed by atoms with Crippen molar-refractivity contribution in [3.63, 3.8) is 0 Å². The summed E-state index contributed by atoms with van der Waals surface area (Å²) in [7, 11) is 0. The van der Waals surface area contributed by atoms with Gasteiger partial charge in [0.05, 0.1) is 6.04 Å². The van der Waals surface area contributed by atoms with Crippen molar-refractivity contribution in [3.8, 4) is 0 Å². The quantitative estimate of drug-likeness (QED) is 0.0408. The van der Waals surface area contributed by atoms with Crippen LogP contribution in [0.15, 0.2) is 30.3 Å². The highest BCUT2D eigenvalue weighted by molar-refractivity contribution is 7.98. The molecule has 2 saturated heterocycles. The van der Waals surface area contributed by atoms with Gasteiger partial charge in [-0.1, -0.05) is 64.4 Å². The van der Waals surface area contributed by atoms with E-state index in [1.807, 2.05) is 6.92 Å². The van der Waals surface area contributed by atoms with Gasteiger partial charge in [0.25, 0.3) is 0 Å². The molecule has 3 rings (SSSR count). The fourth-order valence-electron chi connectivity index (χ4n) is 9.03. The number of carbonyl (C=O) groups excluding carboxylic acids is 8. The first-order chi connectivity index (χ1) is 36.0. The van der Waals surface area contributed by atoms with E-state index in [9.17, 15) is 63.0 Å². The van der Waals surface area contributed by atoms with E-state index in [1.165, 1.54) is 21.6 Å². The summed E-state index contributed by atoms with van der Waals surface area (Å²) >= 11 is 1.39. The molecule has 0 bridgehead atoms. The molecule has 2 heterocycles. The SMILES string of the molecule is CC[C@H](C)[C@H](NC(=O)[C@@H](NC(=O)[C@@H](N)CCC(=O)O)C(C)C)C(=O)N1CCC[C@H]1C(=O)N1CCC[C@H]1C(=O)N[C@@H](CCSC)C(=O)N[C@@H](CCCCN)C(=O)N[C@@H](CCC(=O)O)C(=O)N[C@@H](Cc1ccccc1)C(=O)O. The molecule has 0 radical (unpaired) electrons. The van der Waals surface area contributed by atoms with Gasteiger partial charge in [-0.3, -0.25) is 47.9 Å². The predicted octanol–water partition coefficient (Wildman–Crippen LogP) is -0.154. The summed E-state index contributed by atoms with van der Waals surface area (Å²) in [6.07, 6.45) is 2.98. The van der Waals surface area contributed by atoms with Gasteiger partial charge in [0.1, 0.15) is 48.3 Å². The summed E-state index contributed by atoms with van der Waals surface area (Å²) in [5.41, 5.74) is 12.2. The molecule has 1 aromatic rings. The lowest BCUT2D eigenvalue weighted by atomic mass is 9.95. The Morgan fingerprint density at radius 2 is 1.18 bits per heavy atom. The van der Waals surface area contributed by atoms with Crippen LogP contribution in [0.25, 0.3) is 0 Å². The maximum atomic E-state index is 14.5. The number of nitrogens with two attached hydrogens (primary N) is 2. The van der Waals surface area contributed by atoms with Crippen LogP contribution in [0, 0.1) is 11.8 Å². The fourth-order valence-corrected chi connectivity index (χ4v) is 9.50. The van der Waals surface area contributed by atoms with Gasteiger partial charge in [-0.2, -0.15) is 11.8 Å². The molecular formula is C51H80N10O14S. The molecule has 0 aromatic heterocycles. The van der Waals surface area contributed by atoms with E-state index in [0.29, 0.717) is 43.4 Å². The van der Waals surface area contributed by atoms with Crippen molar-refractivity contribution in [2.24, 2.45) is 23.3 Å². The zero-order chi connectivity index (χ0) is 56.6. The molecule has 24 nitrogen and oxygen atoms in total. The topological polar surface area (TPSA) is 379 Å². The van der Waals surface area contributed by atoms with Gasteiger partial charge in [-0.25, -0.2) is 4.79 Å². The van der Waals surface area contributed by atoms with Gasteiger partial charge in [0, 0.05) is 32.4 Å². The zero-order valence-electron chi connectivity index (χ0n) is 44.3. The lowest BCUT2D eigenvalue weighted by molar-refractivity contribution is -0.149. The largest absolute Gasteiger partial charge is 0.481 e. The van der Waals surface area contributed by atoms with Crippen LogP contribution in [0.1, 0.15) is 117 Å². The number of nitrogens with zero attached hydrogens (tertiary/aromatic N) is 2. The van der Waals surface area contributed by atoms with Gasteiger partial charge in [0.2, 0.25) is 47.3 Å². The molecule has 1 aromatic carbocycles. The number of benzene rings is 1. The molecule has 0 saturated carbocycles. The average Bonchev–Trinajstić information content (AvgIpc) is 4.09. The number of thioether (sulfide) groups is 1. The predicted molar refractivity (Wildman–Crippen MR) is 281 cm³/mol. The number of unbranched alkanes of at least 4 members (excludes halogenated alkanes) is 1. The highest BCUT2D eigenvalue weighted by Crippen LogP contribution is 2.27. The van der Waals surface area contributed by atoms with E-state index in [1.54, 1.807) is 57.4 Å². The number of amides is 8. The third-order valence-electron chi connectivity index (χ3n) is 13.7. The summed E-state index contributed by atoms with van der Waals surface area (Å²) < 4.78 is 0. The van der Waals surface area contributed by atoms with Gasteiger partial charge in [-0.05, 0) is 100 Å². The van der Waals surface area contributed by atoms with Crippen molar-refractivity contribution in [2.45, 2.75) is 172 Å². The summed E-state index contributed by atoms with van der Waals surface area (Å²) in [4.78, 5) is 149. The van der Waals surface area contributed by atoms with E-state index in [0.717, 1.165) is 0 Å². The normalized spacial score (nSPS) is 18.4. The maximum absolute atomic E-state index is 14.5. The van der Waals surface area contributed by atoms with Crippen LogP contribution >= 0.6 is 11.8 Å². The highest BCUT2D eigenvalue weighted by Gasteiger charge is 2.45. The lowest BCUT2D eigenvalue weighted by Crippen LogP contribution is -2.61. The third kappa shape index (κ3) is 20.0. The Morgan fingerprint density at radius 3 is 1.74 bits per heavy atom. The Hall–Kier alpha value is -6.34. The number of nitrogens with one attached hydrogen (secondary N) is 6. The van der Waals surface area contributed by atoms with Gasteiger partial charge in [-0.15, -0.1) is 0 Å². The van der Waals surface area contributed by atoms with Crippen molar-refractivity contribution >= 4 is 76.9 Å². The molecule has 0 spiro atoms. The van der Waals surface area contributed by atoms with Crippen LogP contribution in [-0.2, 0) is 59.2 Å². The minimum Gasteiger partial charge on any atom is -0.481 e. The average molecular weight is 1090 g/mol. The molecule has 2 aliphatic heterocycles. The minimum atomic E-state index is -1.51. The van der Waals surface area contributed by atoms with E-state index in [2.05, 4.69) is 31.9 Å². The van der Waals surface area contributed by atoms with Crippen LogP contribution in [0.3, 0.4) is 0 Å². The number of aliphatic carboxylic acids is 3. The number of carboxylic acids is 3. The Kier molecular flexibility index (Phi) is 27.2. The van der Waals surface area contributed by atoms with Crippen molar-refractivity contribution in [3.05, 3.63) is 35.9 Å². The van der Waals surface area contributed by atoms with Crippen LogP contribution in [0.4, 0.5) is 0 Å². The molecule has 424 valence electrons. The first-order valence-electron chi connectivity index (χ1n) is 26.1. The smallest absolute Gasteiger partial charge is 0.326 e. The van der Waals surface area contributed by atoms with Crippen molar-refractivity contribution < 1.29 is 68.1 Å². The molecule has 8 amide bonds. The standard InChI is InChI=1S/C51H80N10O14S/c1-6-30(4)42(59-48(71)41(29(2)3)58-43(66)32(53)19-21-39(62)63)50(73)61-26-13-18-38(61)49(72)60-25-12-17-37(60)47(70)56-35(23-27-76-5)46(69)54-33(16-10-11-24-52)44(67)55-34(20-22-40(64)65)45(68)57-36(51(74)75)28-31-14-8-7-9-15-31/h7-9,14-15,29-30,32-38,41-42H,6,10-13,16-28,52-53H2,1-5H3,(H,54,69)(H,55,67)(H,56,70)(H,57,68)(H,58,66)(H,59,71)(H,62,63)(H,64,65)(H,74,75)/t30-,32-,33-,34-,35-,36-,37-,38-,41-,42-/m0/s1. The second-order valence-corrected chi connectivity index (χ2v) is 20.8. The van der Waals surface area contributed by atoms with Crippen molar-refractivity contribution in [1.29, 1.82) is 0 Å². The molecule has 0 unspecified atom stereocenters. The van der Waals surface area contributed by atoms with Gasteiger partial charge in [0.15, 0.2) is 0 Å². The monoisotopic (exact) mass is 1090 g/mol. The molecule has 0 aliphatic carbocycles. The number of rotatable bonds is 33. The summed E-state index contributed by atoms with van der Waals surface area (Å²) in [6.45, 7) is 7.59. The van der Waals surface area contributed by atoms with E-state index in [-0.39, 0.29) is 64.6 Å². The van der Waals surface area contributed by atoms with Gasteiger partial charge >= 0.3 is 17.9 Å². The molecule has 2 fully saturated rings. The number of hydrogen-bond acceptors (Lipinski definition) is 14. The van der Waals surface area contributed by atoms with Crippen LogP contribution in [-0.4, -0.2) is 176 Å². The molecule has 13 N–H and O–H groups in total. The Balaban J connectivity index is 1.80. The minimum absolute atomic E-state index is 0.0276. The van der Waals surface area contributed by atoms with Crippen molar-refractivity contribution in [1.82, 2.24) is 41.7 Å².